The van der Waals surface area contributed by atoms with Gasteiger partial charge in [-0.05, 0) is 68.5 Å². The van der Waals surface area contributed by atoms with Gasteiger partial charge in [0.15, 0.2) is 0 Å². The predicted octanol–water partition coefficient (Wildman–Crippen LogP) is 6.61. The van der Waals surface area contributed by atoms with E-state index in [1.807, 2.05) is 0 Å². The Bertz CT molecular complexity index is 454. The van der Waals surface area contributed by atoms with Crippen molar-refractivity contribution in [1.82, 2.24) is 4.31 Å². The van der Waals surface area contributed by atoms with Crippen LogP contribution in [0.3, 0.4) is 0 Å². The lowest BCUT2D eigenvalue weighted by Crippen LogP contribution is -2.13. The highest BCUT2D eigenvalue weighted by atomic mass is 32.2. The van der Waals surface area contributed by atoms with Gasteiger partial charge in [0, 0.05) is 6.54 Å². The summed E-state index contributed by atoms with van der Waals surface area (Å²) in [6, 6.07) is 9.49. The van der Waals surface area contributed by atoms with Gasteiger partial charge in [-0.3, -0.25) is 0 Å². The molecule has 0 amide bonds. The van der Waals surface area contributed by atoms with Crippen molar-refractivity contribution in [2.24, 2.45) is 5.92 Å². The second kappa shape index (κ2) is 12.0. The molecule has 25 heavy (non-hydrogen) atoms. The fraction of sp³-hybridized carbons (Fsp3) is 0.727. The number of rotatable bonds is 11. The summed E-state index contributed by atoms with van der Waals surface area (Å²) >= 11 is 1.43. The van der Waals surface area contributed by atoms with Crippen LogP contribution in [0.1, 0.15) is 81.8 Å². The van der Waals surface area contributed by atoms with Crippen LogP contribution in [0, 0.1) is 5.92 Å². The van der Waals surface area contributed by atoms with E-state index < -0.39 is 0 Å². The molecule has 3 heteroatoms. The largest absolute Gasteiger partial charge is 0.304 e. The van der Waals surface area contributed by atoms with Crippen molar-refractivity contribution in [3.8, 4) is 0 Å². The maximum Gasteiger partial charge on any atom is 0.0813 e. The van der Waals surface area contributed by atoms with Crippen LogP contribution in [0.4, 0.5) is 0 Å². The third kappa shape index (κ3) is 7.72. The Hall–Kier alpha value is -0.510. The Balaban J connectivity index is 1.70. The molecule has 0 atom stereocenters. The van der Waals surface area contributed by atoms with Crippen LogP contribution in [-0.4, -0.2) is 25.0 Å². The molecule has 1 aliphatic rings. The SMILES string of the molecule is CCCCCC1CCC(c2ccc(CCCN(C)SOC)cc2)CC1. The number of nitrogens with zero attached hydrogens (tertiary/aromatic N) is 1. The molecule has 2 rings (SSSR count). The van der Waals surface area contributed by atoms with Gasteiger partial charge < -0.3 is 4.18 Å². The molecule has 0 bridgehead atoms. The average Bonchev–Trinajstić information content (AvgIpc) is 2.63. The summed E-state index contributed by atoms with van der Waals surface area (Å²) in [6.45, 7) is 3.36. The summed E-state index contributed by atoms with van der Waals surface area (Å²) in [6.07, 6.45) is 13.7. The fourth-order valence-corrected chi connectivity index (χ4v) is 4.55. The van der Waals surface area contributed by atoms with Crippen molar-refractivity contribution >= 4 is 12.2 Å². The van der Waals surface area contributed by atoms with Gasteiger partial charge in [-0.25, -0.2) is 4.31 Å². The van der Waals surface area contributed by atoms with Crippen LogP contribution in [0.2, 0.25) is 0 Å². The van der Waals surface area contributed by atoms with Gasteiger partial charge >= 0.3 is 0 Å². The standard InChI is InChI=1S/C22H37NOS/c1-4-5-6-8-19-10-14-21(15-11-19)22-16-12-20(13-17-22)9-7-18-23(2)25-24-3/h12-13,16-17,19,21H,4-11,14-15,18H2,1-3H3. The molecule has 1 aromatic carbocycles. The van der Waals surface area contributed by atoms with Gasteiger partial charge in [-0.2, -0.15) is 0 Å². The molecule has 1 fully saturated rings. The van der Waals surface area contributed by atoms with Crippen LogP contribution >= 0.6 is 12.2 Å². The van der Waals surface area contributed by atoms with E-state index in [1.165, 1.54) is 75.6 Å². The summed E-state index contributed by atoms with van der Waals surface area (Å²) in [5.41, 5.74) is 3.04. The second-order valence-electron chi connectivity index (χ2n) is 7.65. The molecule has 0 unspecified atom stereocenters. The minimum atomic E-state index is 0.806. The van der Waals surface area contributed by atoms with Gasteiger partial charge in [0.05, 0.1) is 19.3 Å². The summed E-state index contributed by atoms with van der Waals surface area (Å²) < 4.78 is 7.21. The molecule has 1 aliphatic carbocycles. The van der Waals surface area contributed by atoms with Crippen LogP contribution in [0.25, 0.3) is 0 Å². The highest BCUT2D eigenvalue weighted by Gasteiger charge is 2.21. The Labute approximate surface area is 160 Å². The zero-order valence-corrected chi connectivity index (χ0v) is 17.3. The van der Waals surface area contributed by atoms with Crippen molar-refractivity contribution in [2.75, 3.05) is 20.7 Å². The lowest BCUT2D eigenvalue weighted by Gasteiger charge is -2.29. The number of hydrogen-bond acceptors (Lipinski definition) is 3. The number of unbranched alkanes of at least 4 members (excludes halogenated alkanes) is 2. The maximum atomic E-state index is 5.07. The summed E-state index contributed by atoms with van der Waals surface area (Å²) in [4.78, 5) is 0. The Morgan fingerprint density at radius 2 is 1.76 bits per heavy atom. The molecule has 0 heterocycles. The lowest BCUT2D eigenvalue weighted by atomic mass is 9.77. The van der Waals surface area contributed by atoms with Crippen molar-refractivity contribution < 1.29 is 4.18 Å². The molecule has 0 aliphatic heterocycles. The van der Waals surface area contributed by atoms with Crippen molar-refractivity contribution in [2.45, 2.75) is 77.0 Å². The van der Waals surface area contributed by atoms with E-state index in [9.17, 15) is 0 Å². The van der Waals surface area contributed by atoms with Gasteiger partial charge in [0.1, 0.15) is 0 Å². The number of benzene rings is 1. The quantitative estimate of drug-likeness (QED) is 0.249. The summed E-state index contributed by atoms with van der Waals surface area (Å²) in [5, 5.41) is 0. The van der Waals surface area contributed by atoms with Crippen molar-refractivity contribution in [3.05, 3.63) is 35.4 Å². The zero-order valence-electron chi connectivity index (χ0n) is 16.5. The van der Waals surface area contributed by atoms with E-state index in [0.717, 1.165) is 24.8 Å². The van der Waals surface area contributed by atoms with Crippen LogP contribution in [0.5, 0.6) is 0 Å². The number of aryl methyl sites for hydroxylation is 1. The topological polar surface area (TPSA) is 12.5 Å². The summed E-state index contributed by atoms with van der Waals surface area (Å²) in [5.74, 6) is 1.81. The van der Waals surface area contributed by atoms with E-state index in [0.29, 0.717) is 0 Å². The highest BCUT2D eigenvalue weighted by molar-refractivity contribution is 7.92. The van der Waals surface area contributed by atoms with Crippen LogP contribution in [0.15, 0.2) is 24.3 Å². The first-order valence-electron chi connectivity index (χ1n) is 10.2. The minimum Gasteiger partial charge on any atom is -0.304 e. The Morgan fingerprint density at radius 3 is 2.40 bits per heavy atom. The van der Waals surface area contributed by atoms with Crippen molar-refractivity contribution in [1.29, 1.82) is 0 Å². The smallest absolute Gasteiger partial charge is 0.0813 e. The summed E-state index contributed by atoms with van der Waals surface area (Å²) in [7, 11) is 3.80. The van der Waals surface area contributed by atoms with Crippen LogP contribution in [-0.2, 0) is 10.6 Å². The molecule has 2 nitrogen and oxygen atoms in total. The zero-order chi connectivity index (χ0) is 17.9. The predicted molar refractivity (Wildman–Crippen MR) is 111 cm³/mol. The average molecular weight is 364 g/mol. The van der Waals surface area contributed by atoms with Gasteiger partial charge in [0.25, 0.3) is 0 Å². The van der Waals surface area contributed by atoms with Gasteiger partial charge in [0.2, 0.25) is 0 Å². The fourth-order valence-electron chi connectivity index (χ4n) is 4.09. The van der Waals surface area contributed by atoms with Gasteiger partial charge in [-0.1, -0.05) is 56.9 Å². The molecular formula is C22H37NOS. The molecule has 142 valence electrons. The molecule has 0 aromatic heterocycles. The lowest BCUT2D eigenvalue weighted by molar-refractivity contribution is 0.303. The van der Waals surface area contributed by atoms with Crippen LogP contribution < -0.4 is 0 Å². The monoisotopic (exact) mass is 363 g/mol. The van der Waals surface area contributed by atoms with E-state index >= 15 is 0 Å². The first-order chi connectivity index (χ1) is 12.2. The molecule has 0 saturated heterocycles. The first kappa shape index (κ1) is 20.8. The molecule has 0 N–H and O–H groups in total. The Kier molecular flexibility index (Phi) is 9.97. The Morgan fingerprint density at radius 1 is 1.04 bits per heavy atom. The van der Waals surface area contributed by atoms with E-state index in [1.54, 1.807) is 12.7 Å². The maximum absolute atomic E-state index is 5.07. The first-order valence-corrected chi connectivity index (χ1v) is 10.9. The molecule has 0 spiro atoms. The van der Waals surface area contributed by atoms with E-state index in [-0.39, 0.29) is 0 Å². The van der Waals surface area contributed by atoms with Gasteiger partial charge in [-0.15, -0.1) is 0 Å². The third-order valence-corrected chi connectivity index (χ3v) is 6.24. The minimum absolute atomic E-state index is 0.806. The second-order valence-corrected chi connectivity index (χ2v) is 8.76. The molecule has 1 saturated carbocycles. The van der Waals surface area contributed by atoms with E-state index in [2.05, 4.69) is 42.5 Å². The molecule has 0 radical (unpaired) electrons. The normalized spacial score (nSPS) is 21.0. The third-order valence-electron chi connectivity index (χ3n) is 5.65. The highest BCUT2D eigenvalue weighted by Crippen LogP contribution is 2.37. The van der Waals surface area contributed by atoms with Crippen molar-refractivity contribution in [3.63, 3.8) is 0 Å². The van der Waals surface area contributed by atoms with E-state index in [4.69, 9.17) is 4.18 Å². The molecular weight excluding hydrogens is 326 g/mol. The number of hydrogen-bond donors (Lipinski definition) is 0. The molecule has 1 aromatic rings.